The number of nitrogens with zero attached hydrogens (tertiary/aromatic N) is 3. The van der Waals surface area contributed by atoms with Crippen molar-refractivity contribution in [3.63, 3.8) is 0 Å². The van der Waals surface area contributed by atoms with Gasteiger partial charge in [0.1, 0.15) is 0 Å². The molecule has 0 radical (unpaired) electrons. The van der Waals surface area contributed by atoms with E-state index in [1.54, 1.807) is 0 Å². The van der Waals surface area contributed by atoms with Crippen molar-refractivity contribution in [3.8, 4) is 61.8 Å². The molecule has 0 bridgehead atoms. The monoisotopic (exact) mass is 625 g/mol. The second kappa shape index (κ2) is 12.2. The Bertz CT molecular complexity index is 2400. The van der Waals surface area contributed by atoms with Crippen molar-refractivity contribution in [1.82, 2.24) is 14.5 Å². The van der Waals surface area contributed by atoms with Gasteiger partial charge >= 0.3 is 0 Å². The third-order valence-corrected chi connectivity index (χ3v) is 9.23. The average molecular weight is 626 g/mol. The number of hydrogen-bond donors (Lipinski definition) is 0. The van der Waals surface area contributed by atoms with Crippen LogP contribution in [0, 0.1) is 0 Å². The lowest BCUT2D eigenvalue weighted by Gasteiger charge is -2.12. The quantitative estimate of drug-likeness (QED) is 0.184. The van der Waals surface area contributed by atoms with Crippen LogP contribution in [0.3, 0.4) is 0 Å². The smallest absolute Gasteiger partial charge is 0.160 e. The fraction of sp³-hybridized carbons (Fsp3) is 0. The molecule has 0 saturated heterocycles. The van der Waals surface area contributed by atoms with Crippen LogP contribution in [0.25, 0.3) is 83.6 Å². The second-order valence-corrected chi connectivity index (χ2v) is 12.3. The molecule has 2 aromatic heterocycles. The molecule has 7 aromatic carbocycles. The fourth-order valence-corrected chi connectivity index (χ4v) is 6.77. The van der Waals surface area contributed by atoms with Gasteiger partial charge in [-0.05, 0) is 64.7 Å². The Morgan fingerprint density at radius 1 is 0.306 bits per heavy atom. The first kappa shape index (κ1) is 28.6. The van der Waals surface area contributed by atoms with E-state index in [0.29, 0.717) is 5.82 Å². The maximum absolute atomic E-state index is 5.05. The minimum absolute atomic E-state index is 0.715. The summed E-state index contributed by atoms with van der Waals surface area (Å²) in [5.41, 5.74) is 13.2. The number of hydrogen-bond acceptors (Lipinski definition) is 2. The van der Waals surface area contributed by atoms with Gasteiger partial charge in [-0.25, -0.2) is 9.97 Å². The molecule has 230 valence electrons. The molecule has 3 heteroatoms. The topological polar surface area (TPSA) is 30.7 Å². The third kappa shape index (κ3) is 5.38. The van der Waals surface area contributed by atoms with Gasteiger partial charge in [0, 0.05) is 33.2 Å². The first-order valence-corrected chi connectivity index (χ1v) is 16.6. The third-order valence-electron chi connectivity index (χ3n) is 9.23. The van der Waals surface area contributed by atoms with Gasteiger partial charge in [-0.2, -0.15) is 0 Å². The van der Waals surface area contributed by atoms with Crippen molar-refractivity contribution in [2.75, 3.05) is 0 Å². The lowest BCUT2D eigenvalue weighted by atomic mass is 10.0. The van der Waals surface area contributed by atoms with Crippen LogP contribution in [0.1, 0.15) is 0 Å². The highest BCUT2D eigenvalue weighted by molar-refractivity contribution is 6.11. The van der Waals surface area contributed by atoms with Crippen molar-refractivity contribution >= 4 is 21.8 Å². The Labute approximate surface area is 285 Å². The molecular formula is C46H31N3. The molecule has 0 spiro atoms. The molecule has 0 aliphatic carbocycles. The summed E-state index contributed by atoms with van der Waals surface area (Å²) in [6, 6.07) is 66.2. The van der Waals surface area contributed by atoms with Crippen LogP contribution in [-0.2, 0) is 0 Å². The maximum atomic E-state index is 5.05. The minimum atomic E-state index is 0.715. The van der Waals surface area contributed by atoms with Crippen molar-refractivity contribution in [3.05, 3.63) is 188 Å². The zero-order chi connectivity index (χ0) is 32.6. The largest absolute Gasteiger partial charge is 0.309 e. The number of benzene rings is 7. The van der Waals surface area contributed by atoms with Gasteiger partial charge in [0.15, 0.2) is 5.82 Å². The number of aromatic nitrogens is 3. The Morgan fingerprint density at radius 2 is 0.694 bits per heavy atom. The summed E-state index contributed by atoms with van der Waals surface area (Å²) in [5.74, 6) is 0.715. The van der Waals surface area contributed by atoms with Crippen LogP contribution in [0.5, 0.6) is 0 Å². The number of fused-ring (bicyclic) bond motifs is 3. The first-order valence-electron chi connectivity index (χ1n) is 16.6. The molecule has 0 fully saturated rings. The lowest BCUT2D eigenvalue weighted by molar-refractivity contribution is 1.17. The van der Waals surface area contributed by atoms with Crippen LogP contribution < -0.4 is 0 Å². The van der Waals surface area contributed by atoms with E-state index < -0.39 is 0 Å². The molecule has 0 amide bonds. The predicted molar refractivity (Wildman–Crippen MR) is 204 cm³/mol. The molecule has 2 heterocycles. The summed E-state index contributed by atoms with van der Waals surface area (Å²) in [6.07, 6.45) is 0. The summed E-state index contributed by atoms with van der Waals surface area (Å²) in [5, 5.41) is 2.46. The van der Waals surface area contributed by atoms with E-state index in [0.717, 1.165) is 33.8 Å². The van der Waals surface area contributed by atoms with E-state index >= 15 is 0 Å². The van der Waals surface area contributed by atoms with Crippen molar-refractivity contribution in [2.45, 2.75) is 0 Å². The molecular weight excluding hydrogens is 595 g/mol. The Hall–Kier alpha value is -6.58. The standard InChI is InChI=1S/C46H31N3/c1-5-13-32(14-6-1)37-23-27-44-40(29-37)41-30-38(33-15-7-2-8-16-33)24-28-45(41)49(44)39-25-21-35(22-26-39)43-31-42(34-17-9-3-10-18-34)47-46(48-43)36-19-11-4-12-20-36/h1-31H. The van der Waals surface area contributed by atoms with Gasteiger partial charge in [0.25, 0.3) is 0 Å². The van der Waals surface area contributed by atoms with E-state index in [1.165, 1.54) is 44.1 Å². The first-order chi connectivity index (χ1) is 24.3. The molecule has 0 aliphatic rings. The van der Waals surface area contributed by atoms with Crippen LogP contribution in [0.4, 0.5) is 0 Å². The zero-order valence-corrected chi connectivity index (χ0v) is 26.7. The molecule has 0 N–H and O–H groups in total. The summed E-state index contributed by atoms with van der Waals surface area (Å²) < 4.78 is 2.38. The Balaban J connectivity index is 1.19. The Morgan fingerprint density at radius 3 is 1.16 bits per heavy atom. The van der Waals surface area contributed by atoms with Gasteiger partial charge in [-0.3, -0.25) is 0 Å². The van der Waals surface area contributed by atoms with Gasteiger partial charge < -0.3 is 4.57 Å². The Kier molecular flexibility index (Phi) is 7.14. The second-order valence-electron chi connectivity index (χ2n) is 12.3. The molecule has 0 aliphatic heterocycles. The molecule has 49 heavy (non-hydrogen) atoms. The number of rotatable bonds is 6. The lowest BCUT2D eigenvalue weighted by Crippen LogP contribution is -1.97. The maximum Gasteiger partial charge on any atom is 0.160 e. The van der Waals surface area contributed by atoms with Gasteiger partial charge in [-0.15, -0.1) is 0 Å². The van der Waals surface area contributed by atoms with Gasteiger partial charge in [-0.1, -0.05) is 146 Å². The van der Waals surface area contributed by atoms with E-state index in [-0.39, 0.29) is 0 Å². The normalized spacial score (nSPS) is 11.3. The van der Waals surface area contributed by atoms with Crippen LogP contribution >= 0.6 is 0 Å². The summed E-state index contributed by atoms with van der Waals surface area (Å²) in [6.45, 7) is 0. The van der Waals surface area contributed by atoms with Crippen molar-refractivity contribution in [2.24, 2.45) is 0 Å². The summed E-state index contributed by atoms with van der Waals surface area (Å²) in [7, 11) is 0. The molecule has 0 unspecified atom stereocenters. The van der Waals surface area contributed by atoms with Crippen molar-refractivity contribution < 1.29 is 0 Å². The average Bonchev–Trinajstić information content (AvgIpc) is 3.52. The zero-order valence-electron chi connectivity index (χ0n) is 26.7. The van der Waals surface area contributed by atoms with Crippen LogP contribution in [0.15, 0.2) is 188 Å². The highest BCUT2D eigenvalue weighted by Gasteiger charge is 2.16. The van der Waals surface area contributed by atoms with E-state index in [2.05, 4.69) is 156 Å². The highest BCUT2D eigenvalue weighted by Crippen LogP contribution is 2.38. The molecule has 9 rings (SSSR count). The van der Waals surface area contributed by atoms with E-state index in [9.17, 15) is 0 Å². The van der Waals surface area contributed by atoms with E-state index in [1.807, 2.05) is 36.4 Å². The molecule has 0 atom stereocenters. The van der Waals surface area contributed by atoms with E-state index in [4.69, 9.17) is 9.97 Å². The molecule has 9 aromatic rings. The predicted octanol–water partition coefficient (Wildman–Crippen LogP) is 11.9. The van der Waals surface area contributed by atoms with Crippen LogP contribution in [0.2, 0.25) is 0 Å². The highest BCUT2D eigenvalue weighted by atomic mass is 15.0. The summed E-state index contributed by atoms with van der Waals surface area (Å²) in [4.78, 5) is 10.0. The molecule has 3 nitrogen and oxygen atoms in total. The SMILES string of the molecule is c1ccc(-c2ccc3c(c2)c2cc(-c4ccccc4)ccc2n3-c2ccc(-c3cc(-c4ccccc4)nc(-c4ccccc4)n3)cc2)cc1. The van der Waals surface area contributed by atoms with Gasteiger partial charge in [0.2, 0.25) is 0 Å². The van der Waals surface area contributed by atoms with Crippen LogP contribution in [-0.4, -0.2) is 14.5 Å². The molecule has 0 saturated carbocycles. The summed E-state index contributed by atoms with van der Waals surface area (Å²) >= 11 is 0. The fourth-order valence-electron chi connectivity index (χ4n) is 6.77. The van der Waals surface area contributed by atoms with Crippen molar-refractivity contribution in [1.29, 1.82) is 0 Å². The minimum Gasteiger partial charge on any atom is -0.309 e. The van der Waals surface area contributed by atoms with Gasteiger partial charge in [0.05, 0.1) is 22.4 Å².